The van der Waals surface area contributed by atoms with Gasteiger partial charge in [-0.3, -0.25) is 10.2 Å². The summed E-state index contributed by atoms with van der Waals surface area (Å²) in [5, 5.41) is 2.21. The Hall–Kier alpha value is -2.27. The van der Waals surface area contributed by atoms with Crippen LogP contribution in [0.3, 0.4) is 0 Å². The van der Waals surface area contributed by atoms with Gasteiger partial charge in [-0.15, -0.1) is 0 Å². The van der Waals surface area contributed by atoms with Crippen LogP contribution in [-0.4, -0.2) is 28.4 Å². The zero-order valence-electron chi connectivity index (χ0n) is 19.8. The third kappa shape index (κ3) is 15.3. The number of hydrogen-bond donors (Lipinski definition) is 1. The van der Waals surface area contributed by atoms with Gasteiger partial charge in [0, 0.05) is 0 Å². The number of hydrazine groups is 1. The summed E-state index contributed by atoms with van der Waals surface area (Å²) < 4.78 is 0. The lowest BCUT2D eigenvalue weighted by Gasteiger charge is -2.19. The molecule has 0 saturated heterocycles. The van der Waals surface area contributed by atoms with E-state index in [4.69, 9.17) is 0 Å². The molecule has 164 valence electrons. The molecule has 0 spiro atoms. The quantitative estimate of drug-likeness (QED) is 0.411. The minimum Gasteiger partial charge on any atom is -0.289 e. The van der Waals surface area contributed by atoms with E-state index in [1.807, 2.05) is 109 Å². The van der Waals surface area contributed by atoms with Gasteiger partial charge in [-0.2, -0.15) is 5.01 Å². The number of thioether (sulfide) groups is 1. The molecule has 0 fully saturated rings. The molecule has 0 aromatic heterocycles. The Bertz CT molecular complexity index is 591. The van der Waals surface area contributed by atoms with Crippen LogP contribution in [0.2, 0.25) is 0 Å². The highest BCUT2D eigenvalue weighted by Gasteiger charge is 2.31. The predicted octanol–water partition coefficient (Wildman–Crippen LogP) is 7.35. The summed E-state index contributed by atoms with van der Waals surface area (Å²) in [6.07, 6.45) is 11.5. The van der Waals surface area contributed by atoms with Crippen LogP contribution in [0, 0.1) is 0 Å². The van der Waals surface area contributed by atoms with Crippen molar-refractivity contribution >= 4 is 28.5 Å². The first-order valence-electron chi connectivity index (χ1n) is 10.1. The molecule has 1 atom stereocenters. The van der Waals surface area contributed by atoms with Crippen molar-refractivity contribution in [2.45, 2.75) is 61.4 Å². The molecule has 4 nitrogen and oxygen atoms in total. The molecular formula is C24H41N3OS. The second-order valence-corrected chi connectivity index (χ2v) is 5.64. The van der Waals surface area contributed by atoms with E-state index in [2.05, 4.69) is 17.0 Å². The van der Waals surface area contributed by atoms with E-state index in [-0.39, 0.29) is 11.9 Å². The lowest BCUT2D eigenvalue weighted by atomic mass is 10.3. The summed E-state index contributed by atoms with van der Waals surface area (Å²) in [7, 11) is 0. The van der Waals surface area contributed by atoms with Gasteiger partial charge < -0.3 is 0 Å². The van der Waals surface area contributed by atoms with Crippen LogP contribution in [0.25, 0.3) is 0 Å². The van der Waals surface area contributed by atoms with Gasteiger partial charge in [0.2, 0.25) is 0 Å². The standard InChI is InChI=1S/C11H13N3OS.C5H8.C4H8.2C2H6/c1-8-10(15)14(11(12-8)16-2)13-9-6-4-3-5-7-9;1-3-5-4-2;1-3-4-2;2*1-2/h3-8,13H,1-2H3;3-5H,1H2,2H3;3-4H,1-2H3;2*1-2H3/b;5-4-;4-3-;;. The van der Waals surface area contributed by atoms with Crippen molar-refractivity contribution in [1.82, 2.24) is 5.01 Å². The number of aliphatic imine (C=N–C) groups is 1. The fourth-order valence-corrected chi connectivity index (χ4v) is 2.17. The number of nitrogens with zero attached hydrogens (tertiary/aromatic N) is 2. The molecule has 0 saturated carbocycles. The number of benzene rings is 1. The van der Waals surface area contributed by atoms with E-state index in [0.29, 0.717) is 5.17 Å². The van der Waals surface area contributed by atoms with Gasteiger partial charge in [-0.05, 0) is 46.1 Å². The highest BCUT2D eigenvalue weighted by atomic mass is 32.2. The molecular weight excluding hydrogens is 378 g/mol. The third-order valence-corrected chi connectivity index (χ3v) is 3.59. The summed E-state index contributed by atoms with van der Waals surface area (Å²) in [5.41, 5.74) is 3.94. The van der Waals surface area contributed by atoms with Crippen LogP contribution in [0.15, 0.2) is 72.3 Å². The van der Waals surface area contributed by atoms with Crippen molar-refractivity contribution in [2.24, 2.45) is 4.99 Å². The smallest absolute Gasteiger partial charge is 0.272 e. The van der Waals surface area contributed by atoms with Crippen LogP contribution in [0.1, 0.15) is 55.4 Å². The van der Waals surface area contributed by atoms with E-state index < -0.39 is 0 Å². The van der Waals surface area contributed by atoms with Gasteiger partial charge in [0.25, 0.3) is 5.91 Å². The van der Waals surface area contributed by atoms with Gasteiger partial charge in [-0.1, -0.05) is 94.6 Å². The van der Waals surface area contributed by atoms with Gasteiger partial charge in [0.05, 0.1) is 5.69 Å². The molecule has 0 radical (unpaired) electrons. The Morgan fingerprint density at radius 1 is 1.03 bits per heavy atom. The molecule has 1 aliphatic rings. The number of amidine groups is 1. The molecule has 5 heteroatoms. The molecule has 1 amide bonds. The first-order chi connectivity index (χ1) is 14.0. The molecule has 1 aromatic rings. The number of rotatable bonds is 3. The molecule has 0 bridgehead atoms. The lowest BCUT2D eigenvalue weighted by Crippen LogP contribution is -2.38. The molecule has 29 heavy (non-hydrogen) atoms. The minimum atomic E-state index is -0.293. The Balaban J connectivity index is -0.000000434. The summed E-state index contributed by atoms with van der Waals surface area (Å²) in [4.78, 5) is 16.1. The maximum Gasteiger partial charge on any atom is 0.272 e. The lowest BCUT2D eigenvalue weighted by molar-refractivity contribution is -0.126. The Morgan fingerprint density at radius 2 is 1.55 bits per heavy atom. The average molecular weight is 420 g/mol. The summed E-state index contributed by atoms with van der Waals surface area (Å²) in [6, 6.07) is 9.30. The van der Waals surface area contributed by atoms with Gasteiger partial charge in [0.1, 0.15) is 6.04 Å². The molecule has 1 unspecified atom stereocenters. The number of nitrogens with one attached hydrogen (secondary N) is 1. The summed E-state index contributed by atoms with van der Waals surface area (Å²) >= 11 is 1.46. The van der Waals surface area contributed by atoms with Crippen molar-refractivity contribution in [2.75, 3.05) is 11.7 Å². The fraction of sp³-hybridized carbons (Fsp3) is 0.417. The van der Waals surface area contributed by atoms with Crippen molar-refractivity contribution in [1.29, 1.82) is 0 Å². The van der Waals surface area contributed by atoms with Crippen LogP contribution in [-0.2, 0) is 4.79 Å². The third-order valence-electron chi connectivity index (χ3n) is 2.93. The summed E-state index contributed by atoms with van der Waals surface area (Å²) in [6.45, 7) is 19.2. The molecule has 0 aliphatic carbocycles. The highest BCUT2D eigenvalue weighted by Crippen LogP contribution is 2.19. The second kappa shape index (κ2) is 23.8. The van der Waals surface area contributed by atoms with Crippen LogP contribution in [0.4, 0.5) is 5.69 Å². The SMILES string of the molecule is C/C=C\C.C=C/C=C\C.CC.CC.CSC1=NC(C)C(=O)N1Nc1ccccc1. The molecule has 2 rings (SSSR count). The van der Waals surface area contributed by atoms with Gasteiger partial charge in [-0.25, -0.2) is 4.99 Å². The van der Waals surface area contributed by atoms with E-state index >= 15 is 0 Å². The molecule has 1 aromatic carbocycles. The fourth-order valence-electron chi connectivity index (χ4n) is 1.58. The number of hydrogen-bond acceptors (Lipinski definition) is 4. The van der Waals surface area contributed by atoms with Crippen LogP contribution < -0.4 is 5.43 Å². The van der Waals surface area contributed by atoms with Crippen LogP contribution in [0.5, 0.6) is 0 Å². The zero-order chi connectivity index (χ0) is 23.1. The molecule has 1 N–H and O–H groups in total. The van der Waals surface area contributed by atoms with E-state index in [0.717, 1.165) is 5.69 Å². The van der Waals surface area contributed by atoms with Gasteiger partial charge in [0.15, 0.2) is 5.17 Å². The Morgan fingerprint density at radius 3 is 1.90 bits per heavy atom. The number of anilines is 1. The van der Waals surface area contributed by atoms with Crippen molar-refractivity contribution in [3.63, 3.8) is 0 Å². The highest BCUT2D eigenvalue weighted by molar-refractivity contribution is 8.13. The molecule has 1 heterocycles. The maximum absolute atomic E-state index is 11.8. The monoisotopic (exact) mass is 419 g/mol. The maximum atomic E-state index is 11.8. The Kier molecular flexibility index (Phi) is 25.8. The summed E-state index contributed by atoms with van der Waals surface area (Å²) in [5.74, 6) is -0.0202. The van der Waals surface area contributed by atoms with E-state index in [1.54, 1.807) is 13.0 Å². The van der Waals surface area contributed by atoms with Gasteiger partial charge >= 0.3 is 0 Å². The number of para-hydroxylation sites is 1. The predicted molar refractivity (Wildman–Crippen MR) is 136 cm³/mol. The molecule has 1 aliphatic heterocycles. The number of carbonyl (C=O) groups excluding carboxylic acids is 1. The average Bonchev–Trinajstić information content (AvgIpc) is 3.06. The second-order valence-electron chi connectivity index (χ2n) is 4.87. The zero-order valence-corrected chi connectivity index (χ0v) is 20.6. The topological polar surface area (TPSA) is 44.7 Å². The number of carbonyl (C=O) groups is 1. The van der Waals surface area contributed by atoms with Crippen molar-refractivity contribution in [3.8, 4) is 0 Å². The van der Waals surface area contributed by atoms with Crippen molar-refractivity contribution in [3.05, 3.63) is 67.3 Å². The first-order valence-corrected chi connectivity index (χ1v) is 11.4. The number of amides is 1. The minimum absolute atomic E-state index is 0.0202. The number of allylic oxidation sites excluding steroid dienone is 5. The van der Waals surface area contributed by atoms with E-state index in [1.165, 1.54) is 16.8 Å². The first kappa shape index (κ1) is 31.4. The largest absolute Gasteiger partial charge is 0.289 e. The normalized spacial score (nSPS) is 14.2. The van der Waals surface area contributed by atoms with Crippen LogP contribution >= 0.6 is 11.8 Å². The Labute approximate surface area is 183 Å². The van der Waals surface area contributed by atoms with Crippen molar-refractivity contribution < 1.29 is 4.79 Å². The van der Waals surface area contributed by atoms with E-state index in [9.17, 15) is 4.79 Å².